The zero-order valence-corrected chi connectivity index (χ0v) is 14.9. The first-order valence-electron chi connectivity index (χ1n) is 8.37. The van der Waals surface area contributed by atoms with Crippen LogP contribution in [0.15, 0.2) is 29.4 Å². The van der Waals surface area contributed by atoms with E-state index in [2.05, 4.69) is 26.9 Å². The number of benzene rings is 1. The summed E-state index contributed by atoms with van der Waals surface area (Å²) in [5.74, 6) is 0.205. The van der Waals surface area contributed by atoms with Crippen LogP contribution in [0.4, 0.5) is 0 Å². The van der Waals surface area contributed by atoms with Crippen molar-refractivity contribution in [3.8, 4) is 6.07 Å². The number of amides is 1. The normalized spacial score (nSPS) is 15.7. The smallest absolute Gasteiger partial charge is 0.230 e. The zero-order chi connectivity index (χ0) is 17.6. The maximum Gasteiger partial charge on any atom is 0.230 e. The molecule has 0 spiro atoms. The standard InChI is InChI=1S/C17H20N6OS/c1-12(14-8-6-13(10-18)7-9-14)19-16(24)11-25-17-20-21-22-23(17)15-4-2-3-5-15/h6-9,12,15H,2-5,11H2,1H3,(H,19,24). The van der Waals surface area contributed by atoms with E-state index in [0.29, 0.717) is 16.8 Å². The van der Waals surface area contributed by atoms with Crippen LogP contribution in [0, 0.1) is 11.3 Å². The average Bonchev–Trinajstić information content (AvgIpc) is 3.31. The zero-order valence-electron chi connectivity index (χ0n) is 14.1. The summed E-state index contributed by atoms with van der Waals surface area (Å²) in [6.45, 7) is 1.92. The van der Waals surface area contributed by atoms with Gasteiger partial charge in [0.2, 0.25) is 11.1 Å². The van der Waals surface area contributed by atoms with Gasteiger partial charge in [-0.1, -0.05) is 36.7 Å². The molecule has 8 heteroatoms. The summed E-state index contributed by atoms with van der Waals surface area (Å²) in [6, 6.07) is 9.55. The fourth-order valence-corrected chi connectivity index (χ4v) is 3.76. The molecular weight excluding hydrogens is 336 g/mol. The second-order valence-corrected chi connectivity index (χ2v) is 7.10. The average molecular weight is 356 g/mol. The summed E-state index contributed by atoms with van der Waals surface area (Å²) in [5.41, 5.74) is 1.57. The molecule has 0 saturated heterocycles. The number of carbonyl (C=O) groups is 1. The first-order chi connectivity index (χ1) is 12.2. The Bertz CT molecular complexity index is 760. The Morgan fingerprint density at radius 1 is 1.40 bits per heavy atom. The lowest BCUT2D eigenvalue weighted by molar-refractivity contribution is -0.119. The lowest BCUT2D eigenvalue weighted by Gasteiger charge is -2.14. The Hall–Kier alpha value is -2.40. The van der Waals surface area contributed by atoms with Crippen LogP contribution in [0.5, 0.6) is 0 Å². The SMILES string of the molecule is CC(NC(=O)CSc1nnnn1C1CCCC1)c1ccc(C#N)cc1. The van der Waals surface area contributed by atoms with E-state index in [1.807, 2.05) is 23.7 Å². The highest BCUT2D eigenvalue weighted by Gasteiger charge is 2.22. The van der Waals surface area contributed by atoms with Crippen LogP contribution in [0.1, 0.15) is 55.8 Å². The summed E-state index contributed by atoms with van der Waals surface area (Å²) in [5, 5.41) is 24.4. The van der Waals surface area contributed by atoms with Crippen LogP contribution >= 0.6 is 11.8 Å². The quantitative estimate of drug-likeness (QED) is 0.799. The van der Waals surface area contributed by atoms with Crippen molar-refractivity contribution >= 4 is 17.7 Å². The number of thioether (sulfide) groups is 1. The largest absolute Gasteiger partial charge is 0.349 e. The summed E-state index contributed by atoms with van der Waals surface area (Å²) >= 11 is 1.36. The van der Waals surface area contributed by atoms with Crippen molar-refractivity contribution in [2.45, 2.75) is 49.8 Å². The van der Waals surface area contributed by atoms with Crippen LogP contribution in [0.2, 0.25) is 0 Å². The molecule has 1 aromatic carbocycles. The van der Waals surface area contributed by atoms with Crippen LogP contribution in [-0.4, -0.2) is 31.9 Å². The van der Waals surface area contributed by atoms with Gasteiger partial charge < -0.3 is 5.32 Å². The fourth-order valence-electron chi connectivity index (χ4n) is 3.00. The van der Waals surface area contributed by atoms with E-state index in [1.54, 1.807) is 12.1 Å². The van der Waals surface area contributed by atoms with Gasteiger partial charge >= 0.3 is 0 Å². The van der Waals surface area contributed by atoms with E-state index < -0.39 is 0 Å². The molecule has 2 aromatic rings. The van der Waals surface area contributed by atoms with Crippen molar-refractivity contribution in [3.05, 3.63) is 35.4 Å². The minimum absolute atomic E-state index is 0.0668. The van der Waals surface area contributed by atoms with Gasteiger partial charge in [-0.05, 0) is 47.9 Å². The Balaban J connectivity index is 1.52. The molecule has 1 saturated carbocycles. The molecule has 1 N–H and O–H groups in total. The van der Waals surface area contributed by atoms with E-state index in [-0.39, 0.29) is 17.7 Å². The number of tetrazole rings is 1. The Labute approximate surface area is 150 Å². The van der Waals surface area contributed by atoms with Gasteiger partial charge in [-0.15, -0.1) is 5.10 Å². The van der Waals surface area contributed by atoms with Gasteiger partial charge in [-0.25, -0.2) is 4.68 Å². The van der Waals surface area contributed by atoms with Gasteiger partial charge in [0, 0.05) is 0 Å². The second kappa shape index (κ2) is 8.12. The minimum atomic E-state index is -0.119. The van der Waals surface area contributed by atoms with E-state index >= 15 is 0 Å². The number of rotatable bonds is 6. The van der Waals surface area contributed by atoms with Gasteiger partial charge in [0.25, 0.3) is 0 Å². The molecule has 7 nitrogen and oxygen atoms in total. The molecule has 0 aliphatic heterocycles. The van der Waals surface area contributed by atoms with E-state index in [9.17, 15) is 4.79 Å². The lowest BCUT2D eigenvalue weighted by atomic mass is 10.1. The number of carbonyl (C=O) groups excluding carboxylic acids is 1. The maximum atomic E-state index is 12.2. The Morgan fingerprint density at radius 2 is 2.12 bits per heavy atom. The number of hydrogen-bond donors (Lipinski definition) is 1. The Kier molecular flexibility index (Phi) is 5.66. The van der Waals surface area contributed by atoms with Crippen LogP contribution in [0.25, 0.3) is 0 Å². The third-order valence-corrected chi connectivity index (χ3v) is 5.32. The summed E-state index contributed by atoms with van der Waals surface area (Å²) < 4.78 is 1.86. The van der Waals surface area contributed by atoms with E-state index in [4.69, 9.17) is 5.26 Å². The molecule has 1 heterocycles. The van der Waals surface area contributed by atoms with Crippen molar-refractivity contribution in [2.24, 2.45) is 0 Å². The van der Waals surface area contributed by atoms with Gasteiger partial charge in [0.05, 0.1) is 29.5 Å². The molecule has 0 bridgehead atoms. The molecule has 1 unspecified atom stereocenters. The highest BCUT2D eigenvalue weighted by molar-refractivity contribution is 7.99. The van der Waals surface area contributed by atoms with Gasteiger partial charge in [0.1, 0.15) is 0 Å². The molecule has 1 amide bonds. The number of hydrogen-bond acceptors (Lipinski definition) is 6. The fraction of sp³-hybridized carbons (Fsp3) is 0.471. The Morgan fingerprint density at radius 3 is 2.80 bits per heavy atom. The number of nitrogens with one attached hydrogen (secondary N) is 1. The predicted molar refractivity (Wildman–Crippen MR) is 93.8 cm³/mol. The molecule has 1 aliphatic carbocycles. The maximum absolute atomic E-state index is 12.2. The van der Waals surface area contributed by atoms with E-state index in [1.165, 1.54) is 24.6 Å². The topological polar surface area (TPSA) is 96.5 Å². The third kappa shape index (κ3) is 4.37. The van der Waals surface area contributed by atoms with Crippen molar-refractivity contribution in [2.75, 3.05) is 5.75 Å². The van der Waals surface area contributed by atoms with Crippen molar-refractivity contribution in [1.29, 1.82) is 5.26 Å². The molecule has 0 radical (unpaired) electrons. The highest BCUT2D eigenvalue weighted by Crippen LogP contribution is 2.31. The molecule has 130 valence electrons. The highest BCUT2D eigenvalue weighted by atomic mass is 32.2. The summed E-state index contributed by atoms with van der Waals surface area (Å²) in [4.78, 5) is 12.2. The molecule has 1 aromatic heterocycles. The first-order valence-corrected chi connectivity index (χ1v) is 9.36. The molecule has 3 rings (SSSR count). The van der Waals surface area contributed by atoms with E-state index in [0.717, 1.165) is 18.4 Å². The molecule has 1 fully saturated rings. The molecule has 25 heavy (non-hydrogen) atoms. The molecule has 1 aliphatic rings. The van der Waals surface area contributed by atoms with Gasteiger partial charge in [-0.2, -0.15) is 5.26 Å². The molecule has 1 atom stereocenters. The summed E-state index contributed by atoms with van der Waals surface area (Å²) in [7, 11) is 0. The van der Waals surface area contributed by atoms with Crippen molar-refractivity contribution in [1.82, 2.24) is 25.5 Å². The minimum Gasteiger partial charge on any atom is -0.349 e. The van der Waals surface area contributed by atoms with Crippen molar-refractivity contribution < 1.29 is 4.79 Å². The number of aromatic nitrogens is 4. The first kappa shape index (κ1) is 17.4. The van der Waals surface area contributed by atoms with Gasteiger partial charge in [0.15, 0.2) is 0 Å². The third-order valence-electron chi connectivity index (χ3n) is 4.38. The number of nitriles is 1. The molecular formula is C17H20N6OS. The van der Waals surface area contributed by atoms with Crippen LogP contribution in [0.3, 0.4) is 0 Å². The lowest BCUT2D eigenvalue weighted by Crippen LogP contribution is -2.28. The monoisotopic (exact) mass is 356 g/mol. The number of nitrogens with zero attached hydrogens (tertiary/aromatic N) is 5. The van der Waals surface area contributed by atoms with Crippen LogP contribution in [-0.2, 0) is 4.79 Å². The van der Waals surface area contributed by atoms with Gasteiger partial charge in [-0.3, -0.25) is 4.79 Å². The van der Waals surface area contributed by atoms with Crippen molar-refractivity contribution in [3.63, 3.8) is 0 Å². The predicted octanol–water partition coefficient (Wildman–Crippen LogP) is 2.63. The second-order valence-electron chi connectivity index (χ2n) is 6.16. The summed E-state index contributed by atoms with van der Waals surface area (Å²) in [6.07, 6.45) is 4.61. The van der Waals surface area contributed by atoms with Crippen LogP contribution < -0.4 is 5.32 Å².